The molecule has 0 spiro atoms. The maximum Gasteiger partial charge on any atom is 0.299 e. The molecule has 114 valence electrons. The van der Waals surface area contributed by atoms with Crippen molar-refractivity contribution in [2.24, 2.45) is 0 Å². The summed E-state index contributed by atoms with van der Waals surface area (Å²) >= 11 is 5.89. The van der Waals surface area contributed by atoms with E-state index in [0.717, 1.165) is 22.2 Å². The number of nitrogens with zero attached hydrogens (tertiary/aromatic N) is 2. The van der Waals surface area contributed by atoms with Gasteiger partial charge in [-0.25, -0.2) is 4.98 Å². The van der Waals surface area contributed by atoms with Gasteiger partial charge in [0.2, 0.25) is 0 Å². The Morgan fingerprint density at radius 2 is 1.96 bits per heavy atom. The van der Waals surface area contributed by atoms with E-state index < -0.39 is 0 Å². The monoisotopic (exact) mass is 325 g/mol. The summed E-state index contributed by atoms with van der Waals surface area (Å²) in [4.78, 5) is 4.23. The lowest BCUT2D eigenvalue weighted by Crippen LogP contribution is -1.90. The standard InChI is InChI=1S/C16H12ClN5O/c17-10-3-1-9(2-4-10)14-8-19-16(23-14)20-11-5-6-13-12(7-11)15(18)22-21-13/h1-8H,(H,19,20)(H3,18,21,22). The number of aromatic nitrogens is 3. The number of nitrogens with two attached hydrogens (primary N) is 1. The van der Waals surface area contributed by atoms with E-state index in [0.29, 0.717) is 22.6 Å². The highest BCUT2D eigenvalue weighted by Gasteiger charge is 2.08. The van der Waals surface area contributed by atoms with Crippen molar-refractivity contribution in [3.05, 3.63) is 53.7 Å². The fourth-order valence-electron chi connectivity index (χ4n) is 2.32. The molecule has 0 aliphatic rings. The zero-order chi connectivity index (χ0) is 15.8. The molecule has 4 N–H and O–H groups in total. The number of H-pyrrole nitrogens is 1. The van der Waals surface area contributed by atoms with Gasteiger partial charge < -0.3 is 15.5 Å². The Hall–Kier alpha value is -2.99. The number of fused-ring (bicyclic) bond motifs is 1. The zero-order valence-corrected chi connectivity index (χ0v) is 12.6. The van der Waals surface area contributed by atoms with Crippen molar-refractivity contribution in [3.63, 3.8) is 0 Å². The number of hydrogen-bond donors (Lipinski definition) is 3. The maximum absolute atomic E-state index is 5.89. The Balaban J connectivity index is 1.61. The topological polar surface area (TPSA) is 92.8 Å². The molecule has 0 amide bonds. The Morgan fingerprint density at radius 3 is 2.78 bits per heavy atom. The minimum absolute atomic E-state index is 0.399. The predicted octanol–water partition coefficient (Wildman–Crippen LogP) is 4.20. The number of oxazole rings is 1. The van der Waals surface area contributed by atoms with E-state index in [1.54, 1.807) is 6.20 Å². The molecule has 7 heteroatoms. The van der Waals surface area contributed by atoms with E-state index >= 15 is 0 Å². The highest BCUT2D eigenvalue weighted by molar-refractivity contribution is 6.30. The number of nitrogen functional groups attached to an aromatic ring is 1. The Kier molecular flexibility index (Phi) is 3.17. The quantitative estimate of drug-likeness (QED) is 0.525. The summed E-state index contributed by atoms with van der Waals surface area (Å²) in [5.74, 6) is 1.12. The van der Waals surface area contributed by atoms with Crippen molar-refractivity contribution in [3.8, 4) is 11.3 Å². The maximum atomic E-state index is 5.89. The van der Waals surface area contributed by atoms with Crippen LogP contribution in [0.3, 0.4) is 0 Å². The van der Waals surface area contributed by atoms with Gasteiger partial charge >= 0.3 is 0 Å². The van der Waals surface area contributed by atoms with Crippen LogP contribution in [-0.4, -0.2) is 15.2 Å². The molecule has 0 aliphatic carbocycles. The average Bonchev–Trinajstić information content (AvgIpc) is 3.16. The van der Waals surface area contributed by atoms with Crippen molar-refractivity contribution >= 4 is 40.0 Å². The van der Waals surface area contributed by atoms with Crippen LogP contribution in [0.15, 0.2) is 53.1 Å². The number of rotatable bonds is 3. The molecule has 0 saturated carbocycles. The Bertz CT molecular complexity index is 974. The first-order valence-corrected chi connectivity index (χ1v) is 7.29. The molecule has 2 heterocycles. The number of aromatic amines is 1. The van der Waals surface area contributed by atoms with Gasteiger partial charge in [-0.15, -0.1) is 0 Å². The molecule has 4 rings (SSSR count). The summed E-state index contributed by atoms with van der Waals surface area (Å²) in [6.07, 6.45) is 1.66. The van der Waals surface area contributed by atoms with Crippen LogP contribution >= 0.6 is 11.6 Å². The zero-order valence-electron chi connectivity index (χ0n) is 11.9. The molecule has 0 unspecified atom stereocenters. The molecule has 0 fully saturated rings. The third-order valence-electron chi connectivity index (χ3n) is 3.48. The summed E-state index contributed by atoms with van der Waals surface area (Å²) in [5, 5.41) is 11.5. The molecule has 2 aromatic heterocycles. The van der Waals surface area contributed by atoms with Crippen molar-refractivity contribution in [1.29, 1.82) is 0 Å². The fraction of sp³-hybridized carbons (Fsp3) is 0. The second-order valence-electron chi connectivity index (χ2n) is 5.03. The third kappa shape index (κ3) is 2.60. The summed E-state index contributed by atoms with van der Waals surface area (Å²) in [6, 6.07) is 13.5. The minimum Gasteiger partial charge on any atom is -0.423 e. The minimum atomic E-state index is 0.399. The second kappa shape index (κ2) is 5.33. The van der Waals surface area contributed by atoms with Crippen LogP contribution < -0.4 is 11.1 Å². The number of anilines is 3. The van der Waals surface area contributed by atoms with Gasteiger partial charge in [0, 0.05) is 21.7 Å². The summed E-state index contributed by atoms with van der Waals surface area (Å²) < 4.78 is 5.72. The molecule has 0 atom stereocenters. The van der Waals surface area contributed by atoms with Crippen molar-refractivity contribution in [1.82, 2.24) is 15.2 Å². The van der Waals surface area contributed by atoms with E-state index in [1.807, 2.05) is 42.5 Å². The lowest BCUT2D eigenvalue weighted by Gasteiger charge is -2.02. The Morgan fingerprint density at radius 1 is 1.13 bits per heavy atom. The molecule has 2 aromatic carbocycles. The molecular weight excluding hydrogens is 314 g/mol. The molecule has 0 aliphatic heterocycles. The van der Waals surface area contributed by atoms with Gasteiger partial charge in [-0.1, -0.05) is 11.6 Å². The number of hydrogen-bond acceptors (Lipinski definition) is 5. The van der Waals surface area contributed by atoms with E-state index in [1.165, 1.54) is 0 Å². The molecule has 0 saturated heterocycles. The Labute approximate surface area is 136 Å². The first-order valence-electron chi connectivity index (χ1n) is 6.91. The average molecular weight is 326 g/mol. The molecule has 6 nitrogen and oxygen atoms in total. The van der Waals surface area contributed by atoms with Crippen LogP contribution in [0.5, 0.6) is 0 Å². The van der Waals surface area contributed by atoms with Gasteiger partial charge in [-0.05, 0) is 42.5 Å². The third-order valence-corrected chi connectivity index (χ3v) is 3.73. The number of nitrogens with one attached hydrogen (secondary N) is 2. The number of halogens is 1. The lowest BCUT2D eigenvalue weighted by molar-refractivity contribution is 0.592. The van der Waals surface area contributed by atoms with Gasteiger partial charge in [0.05, 0.1) is 11.7 Å². The lowest BCUT2D eigenvalue weighted by atomic mass is 10.2. The van der Waals surface area contributed by atoms with Crippen LogP contribution in [0.4, 0.5) is 17.5 Å². The second-order valence-corrected chi connectivity index (χ2v) is 5.47. The van der Waals surface area contributed by atoms with Crippen molar-refractivity contribution < 1.29 is 4.42 Å². The van der Waals surface area contributed by atoms with Gasteiger partial charge in [0.15, 0.2) is 11.6 Å². The van der Waals surface area contributed by atoms with Crippen molar-refractivity contribution in [2.75, 3.05) is 11.1 Å². The van der Waals surface area contributed by atoms with Gasteiger partial charge in [0.25, 0.3) is 6.01 Å². The van der Waals surface area contributed by atoms with Crippen LogP contribution in [0.2, 0.25) is 5.02 Å². The normalized spacial score (nSPS) is 11.0. The predicted molar refractivity (Wildman–Crippen MR) is 90.7 cm³/mol. The SMILES string of the molecule is Nc1n[nH]c2ccc(Nc3ncc(-c4ccc(Cl)cc4)o3)cc12. The van der Waals surface area contributed by atoms with Crippen LogP contribution in [0.1, 0.15) is 0 Å². The van der Waals surface area contributed by atoms with Gasteiger partial charge in [-0.2, -0.15) is 5.10 Å². The van der Waals surface area contributed by atoms with E-state index in [2.05, 4.69) is 20.5 Å². The first-order chi connectivity index (χ1) is 11.2. The van der Waals surface area contributed by atoms with Crippen LogP contribution in [0.25, 0.3) is 22.2 Å². The highest BCUT2D eigenvalue weighted by atomic mass is 35.5. The number of benzene rings is 2. The summed E-state index contributed by atoms with van der Waals surface area (Å²) in [6.45, 7) is 0. The molecule has 23 heavy (non-hydrogen) atoms. The van der Waals surface area contributed by atoms with Crippen LogP contribution in [-0.2, 0) is 0 Å². The molecule has 0 radical (unpaired) electrons. The van der Waals surface area contributed by atoms with E-state index in [-0.39, 0.29) is 0 Å². The fourth-order valence-corrected chi connectivity index (χ4v) is 2.44. The van der Waals surface area contributed by atoms with Crippen molar-refractivity contribution in [2.45, 2.75) is 0 Å². The largest absolute Gasteiger partial charge is 0.423 e. The van der Waals surface area contributed by atoms with Gasteiger partial charge in [-0.3, -0.25) is 5.10 Å². The van der Waals surface area contributed by atoms with E-state index in [9.17, 15) is 0 Å². The first kappa shape index (κ1) is 13.7. The molecule has 4 aromatic rings. The molecule has 0 bridgehead atoms. The smallest absolute Gasteiger partial charge is 0.299 e. The van der Waals surface area contributed by atoms with Gasteiger partial charge in [0.1, 0.15) is 0 Å². The summed E-state index contributed by atoms with van der Waals surface area (Å²) in [7, 11) is 0. The highest BCUT2D eigenvalue weighted by Crippen LogP contribution is 2.27. The molecular formula is C16H12ClN5O. The summed E-state index contributed by atoms with van der Waals surface area (Å²) in [5.41, 5.74) is 8.41. The van der Waals surface area contributed by atoms with E-state index in [4.69, 9.17) is 21.8 Å². The van der Waals surface area contributed by atoms with Crippen LogP contribution in [0, 0.1) is 0 Å².